The molecule has 0 atom stereocenters. The largest absolute Gasteiger partial charge is 0.482 e. The number of pyridine rings is 1. The average Bonchev–Trinajstić information content (AvgIpc) is 3.22. The van der Waals surface area contributed by atoms with Crippen molar-refractivity contribution >= 4 is 34.8 Å². The van der Waals surface area contributed by atoms with Crippen molar-refractivity contribution in [3.8, 4) is 17.0 Å². The highest BCUT2D eigenvalue weighted by molar-refractivity contribution is 7.07. The Labute approximate surface area is 194 Å². The summed E-state index contributed by atoms with van der Waals surface area (Å²) in [5, 5.41) is 9.62. The molecule has 0 bridgehead atoms. The molecule has 1 aliphatic heterocycles. The Balaban J connectivity index is 1.63. The van der Waals surface area contributed by atoms with Gasteiger partial charge in [0.15, 0.2) is 6.61 Å². The van der Waals surface area contributed by atoms with Gasteiger partial charge in [0.05, 0.1) is 23.3 Å². The van der Waals surface area contributed by atoms with E-state index in [1.165, 1.54) is 22.5 Å². The first-order valence-electron chi connectivity index (χ1n) is 10.4. The van der Waals surface area contributed by atoms with Gasteiger partial charge in [0, 0.05) is 23.3 Å². The van der Waals surface area contributed by atoms with Crippen LogP contribution in [0, 0.1) is 13.8 Å². The standard InChI is InChI=1S/C25H21N5O2S/c1-16-3-5-20(11-17(16)2)28-25-30(27-13-18-7-9-26-10-8-18)22(15-33-25)19-4-6-23-21(12-19)29-24(31)14-32-23/h3-13,15H,14H2,1-2H3,(H,29,31). The molecule has 1 aliphatic rings. The molecule has 2 aromatic carbocycles. The molecule has 0 fully saturated rings. The Hall–Kier alpha value is -4.04. The van der Waals surface area contributed by atoms with E-state index in [-0.39, 0.29) is 12.5 Å². The SMILES string of the molecule is Cc1ccc(N=c2scc(-c3ccc4c(c3)NC(=O)CO4)n2N=Cc2ccncc2)cc1C. The Bertz CT molecular complexity index is 1440. The highest BCUT2D eigenvalue weighted by Crippen LogP contribution is 2.33. The number of ether oxygens (including phenoxy) is 1. The number of hydrogen-bond donors (Lipinski definition) is 1. The zero-order valence-corrected chi connectivity index (χ0v) is 19.0. The van der Waals surface area contributed by atoms with Crippen LogP contribution in [0.25, 0.3) is 11.3 Å². The molecule has 164 valence electrons. The number of benzene rings is 2. The molecule has 0 aliphatic carbocycles. The number of hydrogen-bond acceptors (Lipinski definition) is 6. The van der Waals surface area contributed by atoms with E-state index in [1.54, 1.807) is 18.6 Å². The van der Waals surface area contributed by atoms with Crippen molar-refractivity contribution in [1.82, 2.24) is 9.66 Å². The van der Waals surface area contributed by atoms with Gasteiger partial charge in [0.1, 0.15) is 5.75 Å². The first-order chi connectivity index (χ1) is 16.1. The number of nitrogens with one attached hydrogen (secondary N) is 1. The van der Waals surface area contributed by atoms with Gasteiger partial charge in [0.25, 0.3) is 5.91 Å². The van der Waals surface area contributed by atoms with Gasteiger partial charge in [-0.25, -0.2) is 9.67 Å². The van der Waals surface area contributed by atoms with Crippen molar-refractivity contribution in [3.05, 3.63) is 87.8 Å². The van der Waals surface area contributed by atoms with Crippen LogP contribution in [0.2, 0.25) is 0 Å². The van der Waals surface area contributed by atoms with Crippen LogP contribution in [0.15, 0.2) is 76.4 Å². The van der Waals surface area contributed by atoms with Crippen LogP contribution in [-0.4, -0.2) is 28.4 Å². The number of amides is 1. The van der Waals surface area contributed by atoms with Gasteiger partial charge in [-0.05, 0) is 73.0 Å². The monoisotopic (exact) mass is 455 g/mol. The van der Waals surface area contributed by atoms with E-state index in [2.05, 4.69) is 36.3 Å². The predicted octanol–water partition coefficient (Wildman–Crippen LogP) is 4.67. The minimum Gasteiger partial charge on any atom is -0.482 e. The Morgan fingerprint density at radius 2 is 1.94 bits per heavy atom. The number of aryl methyl sites for hydroxylation is 2. The van der Waals surface area contributed by atoms with Gasteiger partial charge in [-0.15, -0.1) is 11.3 Å². The van der Waals surface area contributed by atoms with E-state index < -0.39 is 0 Å². The van der Waals surface area contributed by atoms with Gasteiger partial charge in [-0.1, -0.05) is 6.07 Å². The predicted molar refractivity (Wildman–Crippen MR) is 130 cm³/mol. The van der Waals surface area contributed by atoms with Gasteiger partial charge >= 0.3 is 0 Å². The van der Waals surface area contributed by atoms with E-state index in [0.29, 0.717) is 11.4 Å². The lowest BCUT2D eigenvalue weighted by Gasteiger charge is -2.18. The molecule has 0 saturated carbocycles. The van der Waals surface area contributed by atoms with Crippen molar-refractivity contribution in [2.75, 3.05) is 11.9 Å². The van der Waals surface area contributed by atoms with Crippen molar-refractivity contribution in [2.24, 2.45) is 10.1 Å². The van der Waals surface area contributed by atoms with E-state index in [0.717, 1.165) is 27.3 Å². The number of carbonyl (C=O) groups excluding carboxylic acids is 1. The highest BCUT2D eigenvalue weighted by Gasteiger charge is 2.18. The fourth-order valence-corrected chi connectivity index (χ4v) is 4.27. The molecule has 0 unspecified atom stereocenters. The molecule has 5 rings (SSSR count). The third-order valence-corrected chi connectivity index (χ3v) is 6.15. The summed E-state index contributed by atoms with van der Waals surface area (Å²) in [5.41, 5.74) is 6.60. The molecule has 4 aromatic rings. The van der Waals surface area contributed by atoms with Crippen LogP contribution < -0.4 is 14.9 Å². The first kappa shape index (κ1) is 20.8. The molecule has 8 heteroatoms. The highest BCUT2D eigenvalue weighted by atomic mass is 32.1. The maximum Gasteiger partial charge on any atom is 0.262 e. The summed E-state index contributed by atoms with van der Waals surface area (Å²) in [4.78, 5) is 21.4. The normalized spacial score (nSPS) is 13.6. The molecule has 2 aromatic heterocycles. The van der Waals surface area contributed by atoms with Crippen LogP contribution >= 0.6 is 11.3 Å². The Morgan fingerprint density at radius 1 is 1.09 bits per heavy atom. The smallest absolute Gasteiger partial charge is 0.262 e. The van der Waals surface area contributed by atoms with Crippen LogP contribution in [0.1, 0.15) is 16.7 Å². The molecule has 1 amide bonds. The van der Waals surface area contributed by atoms with E-state index >= 15 is 0 Å². The number of fused-ring (bicyclic) bond motifs is 1. The number of thiazole rings is 1. The van der Waals surface area contributed by atoms with Gasteiger partial charge < -0.3 is 10.1 Å². The van der Waals surface area contributed by atoms with Crippen LogP contribution in [0.3, 0.4) is 0 Å². The lowest BCUT2D eigenvalue weighted by Crippen LogP contribution is -2.25. The summed E-state index contributed by atoms with van der Waals surface area (Å²) in [6, 6.07) is 15.6. The van der Waals surface area contributed by atoms with Gasteiger partial charge in [-0.3, -0.25) is 9.78 Å². The topological polar surface area (TPSA) is 80.9 Å². The maximum atomic E-state index is 11.8. The molecular formula is C25H21N5O2S. The summed E-state index contributed by atoms with van der Waals surface area (Å²) in [6.45, 7) is 4.19. The van der Waals surface area contributed by atoms with Crippen LogP contribution in [0.4, 0.5) is 11.4 Å². The van der Waals surface area contributed by atoms with Crippen molar-refractivity contribution in [1.29, 1.82) is 0 Å². The number of anilines is 1. The molecule has 0 spiro atoms. The number of nitrogens with zero attached hydrogens (tertiary/aromatic N) is 4. The summed E-state index contributed by atoms with van der Waals surface area (Å²) in [6.07, 6.45) is 5.24. The zero-order valence-electron chi connectivity index (χ0n) is 18.1. The van der Waals surface area contributed by atoms with E-state index in [1.807, 2.05) is 46.5 Å². The average molecular weight is 456 g/mol. The van der Waals surface area contributed by atoms with Crippen molar-refractivity contribution in [3.63, 3.8) is 0 Å². The zero-order chi connectivity index (χ0) is 22.8. The van der Waals surface area contributed by atoms with Gasteiger partial charge in [-0.2, -0.15) is 5.10 Å². The van der Waals surface area contributed by atoms with Crippen molar-refractivity contribution < 1.29 is 9.53 Å². The third kappa shape index (κ3) is 4.47. The van der Waals surface area contributed by atoms with Crippen LogP contribution in [-0.2, 0) is 4.79 Å². The molecule has 7 nitrogen and oxygen atoms in total. The molecule has 1 N–H and O–H groups in total. The molecule has 33 heavy (non-hydrogen) atoms. The van der Waals surface area contributed by atoms with E-state index in [4.69, 9.17) is 14.8 Å². The Morgan fingerprint density at radius 3 is 2.76 bits per heavy atom. The fourth-order valence-electron chi connectivity index (χ4n) is 3.41. The maximum absolute atomic E-state index is 11.8. The molecule has 3 heterocycles. The fraction of sp³-hybridized carbons (Fsp3) is 0.120. The Kier molecular flexibility index (Phi) is 5.58. The minimum absolute atomic E-state index is 0.0278. The summed E-state index contributed by atoms with van der Waals surface area (Å²) in [5.74, 6) is 0.486. The minimum atomic E-state index is -0.168. The number of aromatic nitrogens is 2. The lowest BCUT2D eigenvalue weighted by atomic mass is 10.1. The van der Waals surface area contributed by atoms with E-state index in [9.17, 15) is 4.79 Å². The second kappa shape index (κ2) is 8.84. The molecule has 0 saturated heterocycles. The number of carbonyl (C=O) groups is 1. The first-order valence-corrected chi connectivity index (χ1v) is 11.3. The number of rotatable bonds is 4. The molecule has 0 radical (unpaired) electrons. The molecular weight excluding hydrogens is 434 g/mol. The van der Waals surface area contributed by atoms with Gasteiger partial charge in [0.2, 0.25) is 4.80 Å². The summed E-state index contributed by atoms with van der Waals surface area (Å²) >= 11 is 1.50. The second-order valence-corrected chi connectivity index (χ2v) is 8.51. The summed E-state index contributed by atoms with van der Waals surface area (Å²) < 4.78 is 7.31. The van der Waals surface area contributed by atoms with Crippen molar-refractivity contribution in [2.45, 2.75) is 13.8 Å². The second-order valence-electron chi connectivity index (χ2n) is 7.67. The quantitative estimate of drug-likeness (QED) is 0.454. The van der Waals surface area contributed by atoms with Crippen LogP contribution in [0.5, 0.6) is 5.75 Å². The lowest BCUT2D eigenvalue weighted by molar-refractivity contribution is -0.118. The summed E-state index contributed by atoms with van der Waals surface area (Å²) in [7, 11) is 0. The third-order valence-electron chi connectivity index (χ3n) is 5.34.